The van der Waals surface area contributed by atoms with Gasteiger partial charge in [0.2, 0.25) is 11.9 Å². The number of nitrogens with zero attached hydrogens (tertiary/aromatic N) is 3. The first-order valence-corrected chi connectivity index (χ1v) is 10.6. The Balaban J connectivity index is 1.38. The van der Waals surface area contributed by atoms with E-state index in [0.717, 1.165) is 49.6 Å². The third-order valence-corrected chi connectivity index (χ3v) is 5.79. The predicted octanol–water partition coefficient (Wildman–Crippen LogP) is 3.12. The summed E-state index contributed by atoms with van der Waals surface area (Å²) in [4.78, 5) is 25.5. The van der Waals surface area contributed by atoms with Gasteiger partial charge in [-0.2, -0.15) is 0 Å². The smallest absolute Gasteiger partial charge is 0.241 e. The predicted molar refractivity (Wildman–Crippen MR) is 122 cm³/mol. The van der Waals surface area contributed by atoms with Crippen LogP contribution in [0.5, 0.6) is 11.5 Å². The lowest BCUT2D eigenvalue weighted by molar-refractivity contribution is -0.120. The number of H-pyrrole nitrogens is 1. The van der Waals surface area contributed by atoms with Crippen molar-refractivity contribution >= 4 is 28.6 Å². The minimum absolute atomic E-state index is 0.0376. The average Bonchev–Trinajstić information content (AvgIpc) is 3.08. The van der Waals surface area contributed by atoms with Crippen LogP contribution in [0.4, 0.5) is 11.6 Å². The minimum Gasteiger partial charge on any atom is -0.493 e. The molecule has 1 fully saturated rings. The number of methoxy groups -OCH3 is 2. The molecule has 1 aromatic heterocycles. The Morgan fingerprint density at radius 2 is 1.87 bits per heavy atom. The summed E-state index contributed by atoms with van der Waals surface area (Å²) in [5.74, 6) is 2.07. The van der Waals surface area contributed by atoms with Crippen molar-refractivity contribution in [1.82, 2.24) is 14.9 Å². The van der Waals surface area contributed by atoms with Crippen LogP contribution < -0.4 is 19.7 Å². The van der Waals surface area contributed by atoms with Crippen LogP contribution in [0.15, 0.2) is 42.5 Å². The standard InChI is InChI=1S/C23H29N5O3/c1-16(22(29)24-17-9-10-20(30-2)21(15-17)31-3)27-11-6-12-28(14-13-27)23-25-18-7-4-5-8-19(18)26-23/h4-5,7-10,15-16H,6,11-14H2,1-3H3,(H,24,29)(H,25,26). The first kappa shape index (κ1) is 21.0. The Labute approximate surface area is 182 Å². The molecule has 0 radical (unpaired) electrons. The first-order chi connectivity index (χ1) is 15.1. The van der Waals surface area contributed by atoms with Crippen molar-refractivity contribution < 1.29 is 14.3 Å². The largest absolute Gasteiger partial charge is 0.493 e. The van der Waals surface area contributed by atoms with E-state index in [4.69, 9.17) is 14.5 Å². The highest BCUT2D eigenvalue weighted by atomic mass is 16.5. The third-order valence-electron chi connectivity index (χ3n) is 5.79. The molecule has 2 aromatic carbocycles. The van der Waals surface area contributed by atoms with Gasteiger partial charge in [0.25, 0.3) is 0 Å². The Bertz CT molecular complexity index is 1020. The molecule has 0 saturated carbocycles. The molecule has 164 valence electrons. The molecule has 2 N–H and O–H groups in total. The van der Waals surface area contributed by atoms with Gasteiger partial charge in [-0.1, -0.05) is 12.1 Å². The molecule has 0 bridgehead atoms. The van der Waals surface area contributed by atoms with Crippen LogP contribution in [-0.4, -0.2) is 67.2 Å². The van der Waals surface area contributed by atoms with Gasteiger partial charge < -0.3 is 24.7 Å². The number of carbonyl (C=O) groups excluding carboxylic acids is 1. The zero-order valence-electron chi connectivity index (χ0n) is 18.2. The van der Waals surface area contributed by atoms with Crippen molar-refractivity contribution in [3.05, 3.63) is 42.5 Å². The summed E-state index contributed by atoms with van der Waals surface area (Å²) < 4.78 is 10.6. The number of ether oxygens (including phenoxy) is 2. The van der Waals surface area contributed by atoms with Crippen LogP contribution in [0.25, 0.3) is 11.0 Å². The lowest BCUT2D eigenvalue weighted by atomic mass is 10.2. The van der Waals surface area contributed by atoms with Crippen LogP contribution in [0.3, 0.4) is 0 Å². The number of aromatic amines is 1. The van der Waals surface area contributed by atoms with Crippen LogP contribution >= 0.6 is 0 Å². The van der Waals surface area contributed by atoms with E-state index >= 15 is 0 Å². The molecule has 1 aliphatic heterocycles. The molecule has 1 saturated heterocycles. The molecule has 4 rings (SSSR count). The Kier molecular flexibility index (Phi) is 6.27. The quantitative estimate of drug-likeness (QED) is 0.634. The van der Waals surface area contributed by atoms with Crippen LogP contribution in [0, 0.1) is 0 Å². The van der Waals surface area contributed by atoms with Crippen molar-refractivity contribution in [3.63, 3.8) is 0 Å². The van der Waals surface area contributed by atoms with Gasteiger partial charge in [-0.3, -0.25) is 9.69 Å². The second-order valence-electron chi connectivity index (χ2n) is 7.69. The van der Waals surface area contributed by atoms with E-state index < -0.39 is 0 Å². The van der Waals surface area contributed by atoms with Crippen molar-refractivity contribution in [2.24, 2.45) is 0 Å². The summed E-state index contributed by atoms with van der Waals surface area (Å²) in [6.45, 7) is 5.32. The van der Waals surface area contributed by atoms with Gasteiger partial charge in [0, 0.05) is 37.9 Å². The van der Waals surface area contributed by atoms with Crippen molar-refractivity contribution in [2.45, 2.75) is 19.4 Å². The lowest BCUT2D eigenvalue weighted by Gasteiger charge is -2.27. The number of benzene rings is 2. The van der Waals surface area contributed by atoms with Crippen molar-refractivity contribution in [3.8, 4) is 11.5 Å². The second-order valence-corrected chi connectivity index (χ2v) is 7.69. The van der Waals surface area contributed by atoms with E-state index in [0.29, 0.717) is 17.2 Å². The topological polar surface area (TPSA) is 82.7 Å². The van der Waals surface area contributed by atoms with Gasteiger partial charge in [0.05, 0.1) is 31.3 Å². The van der Waals surface area contributed by atoms with E-state index in [2.05, 4.69) is 20.1 Å². The Hall–Kier alpha value is -3.26. The first-order valence-electron chi connectivity index (χ1n) is 10.6. The number of fused-ring (bicyclic) bond motifs is 1. The number of nitrogens with one attached hydrogen (secondary N) is 2. The normalized spacial score (nSPS) is 16.0. The maximum atomic E-state index is 12.9. The number of rotatable bonds is 6. The van der Waals surface area contributed by atoms with E-state index in [9.17, 15) is 4.79 Å². The molecule has 3 aromatic rings. The molecular formula is C23H29N5O3. The number of imidazole rings is 1. The lowest BCUT2D eigenvalue weighted by Crippen LogP contribution is -2.44. The fourth-order valence-corrected chi connectivity index (χ4v) is 3.95. The van der Waals surface area contributed by atoms with Gasteiger partial charge in [0.15, 0.2) is 11.5 Å². The molecule has 2 heterocycles. The molecule has 0 aliphatic carbocycles. The number of hydrogen-bond donors (Lipinski definition) is 2. The zero-order valence-corrected chi connectivity index (χ0v) is 18.2. The average molecular weight is 424 g/mol. The van der Waals surface area contributed by atoms with Crippen molar-refractivity contribution in [1.29, 1.82) is 0 Å². The molecule has 1 aliphatic rings. The Morgan fingerprint density at radius 3 is 2.65 bits per heavy atom. The molecule has 1 atom stereocenters. The maximum Gasteiger partial charge on any atom is 0.241 e. The summed E-state index contributed by atoms with van der Waals surface area (Å²) in [5, 5.41) is 3.00. The Morgan fingerprint density at radius 1 is 1.06 bits per heavy atom. The van der Waals surface area contributed by atoms with E-state index in [1.165, 1.54) is 0 Å². The highest BCUT2D eigenvalue weighted by Crippen LogP contribution is 2.30. The molecule has 1 unspecified atom stereocenters. The summed E-state index contributed by atoms with van der Waals surface area (Å²) in [6, 6.07) is 13.2. The fourth-order valence-electron chi connectivity index (χ4n) is 3.95. The van der Waals surface area contributed by atoms with E-state index in [1.54, 1.807) is 26.4 Å². The number of carbonyl (C=O) groups is 1. The van der Waals surface area contributed by atoms with Gasteiger partial charge in [0.1, 0.15) is 0 Å². The molecule has 0 spiro atoms. The molecule has 8 nitrogen and oxygen atoms in total. The number of amides is 1. The summed E-state index contributed by atoms with van der Waals surface area (Å²) in [5.41, 5.74) is 2.70. The highest BCUT2D eigenvalue weighted by molar-refractivity contribution is 5.94. The van der Waals surface area contributed by atoms with Crippen LogP contribution in [-0.2, 0) is 4.79 Å². The molecule has 1 amide bonds. The number of hydrogen-bond acceptors (Lipinski definition) is 6. The third kappa shape index (κ3) is 4.59. The van der Waals surface area contributed by atoms with Gasteiger partial charge in [-0.25, -0.2) is 4.98 Å². The van der Waals surface area contributed by atoms with E-state index in [1.807, 2.05) is 37.3 Å². The van der Waals surface area contributed by atoms with Gasteiger partial charge in [-0.15, -0.1) is 0 Å². The zero-order chi connectivity index (χ0) is 21.8. The van der Waals surface area contributed by atoms with Crippen LogP contribution in [0.2, 0.25) is 0 Å². The highest BCUT2D eigenvalue weighted by Gasteiger charge is 2.25. The molecular weight excluding hydrogens is 394 g/mol. The SMILES string of the molecule is COc1ccc(NC(=O)C(C)N2CCCN(c3nc4ccccc4[nH]3)CC2)cc1OC. The molecule has 8 heteroatoms. The monoisotopic (exact) mass is 423 g/mol. The number of para-hydroxylation sites is 2. The second kappa shape index (κ2) is 9.26. The number of anilines is 2. The molecule has 31 heavy (non-hydrogen) atoms. The van der Waals surface area contributed by atoms with Gasteiger partial charge >= 0.3 is 0 Å². The minimum atomic E-state index is -0.247. The van der Waals surface area contributed by atoms with Crippen molar-refractivity contribution in [2.75, 3.05) is 50.6 Å². The fraction of sp³-hybridized carbons (Fsp3) is 0.391. The maximum absolute atomic E-state index is 12.9. The summed E-state index contributed by atoms with van der Waals surface area (Å²) >= 11 is 0. The summed E-state index contributed by atoms with van der Waals surface area (Å²) in [7, 11) is 3.17. The number of aromatic nitrogens is 2. The van der Waals surface area contributed by atoms with Gasteiger partial charge in [-0.05, 0) is 37.6 Å². The van der Waals surface area contributed by atoms with E-state index in [-0.39, 0.29) is 11.9 Å². The van der Waals surface area contributed by atoms with Crippen LogP contribution in [0.1, 0.15) is 13.3 Å². The summed E-state index contributed by atoms with van der Waals surface area (Å²) in [6.07, 6.45) is 0.963.